The van der Waals surface area contributed by atoms with Crippen LogP contribution in [0.15, 0.2) is 18.2 Å². The Kier molecular flexibility index (Phi) is 4.72. The minimum atomic E-state index is -3.34. The first kappa shape index (κ1) is 14.5. The molecule has 5 nitrogen and oxygen atoms in total. The lowest BCUT2D eigenvalue weighted by atomic mass is 10.1. The van der Waals surface area contributed by atoms with E-state index in [4.69, 9.17) is 5.11 Å². The predicted molar refractivity (Wildman–Crippen MR) is 70.5 cm³/mol. The Labute approximate surface area is 107 Å². The number of carboxylic acids is 1. The van der Waals surface area contributed by atoms with Gasteiger partial charge >= 0.3 is 5.97 Å². The van der Waals surface area contributed by atoms with Crippen LogP contribution in [0, 0.1) is 6.92 Å². The van der Waals surface area contributed by atoms with E-state index in [1.807, 2.05) is 6.92 Å². The van der Waals surface area contributed by atoms with Crippen LogP contribution in [0.4, 0.5) is 5.69 Å². The summed E-state index contributed by atoms with van der Waals surface area (Å²) in [5.74, 6) is -0.948. The van der Waals surface area contributed by atoms with Gasteiger partial charge in [0.2, 0.25) is 10.0 Å². The molecule has 0 fully saturated rings. The summed E-state index contributed by atoms with van der Waals surface area (Å²) >= 11 is 0. The molecule has 2 N–H and O–H groups in total. The summed E-state index contributed by atoms with van der Waals surface area (Å²) in [6, 6.07) is 4.38. The first-order valence-electron chi connectivity index (χ1n) is 5.70. The molecule has 18 heavy (non-hydrogen) atoms. The molecule has 0 saturated carbocycles. The zero-order valence-electron chi connectivity index (χ0n) is 10.4. The van der Waals surface area contributed by atoms with Crippen molar-refractivity contribution in [2.24, 2.45) is 0 Å². The zero-order chi connectivity index (χ0) is 13.8. The van der Waals surface area contributed by atoms with Gasteiger partial charge in [0.15, 0.2) is 0 Å². The lowest BCUT2D eigenvalue weighted by molar-refractivity contribution is 0.0696. The van der Waals surface area contributed by atoms with E-state index in [1.165, 1.54) is 18.2 Å². The van der Waals surface area contributed by atoms with Gasteiger partial charge in [-0.1, -0.05) is 13.3 Å². The Balaban J connectivity index is 2.87. The smallest absolute Gasteiger partial charge is 0.335 e. The molecule has 0 unspecified atom stereocenters. The third-order valence-electron chi connectivity index (χ3n) is 2.50. The molecule has 0 spiro atoms. The van der Waals surface area contributed by atoms with Gasteiger partial charge in [-0.2, -0.15) is 0 Å². The number of hydrogen-bond donors (Lipinski definition) is 2. The highest BCUT2D eigenvalue weighted by Crippen LogP contribution is 2.16. The maximum atomic E-state index is 11.7. The molecular weight excluding hydrogens is 254 g/mol. The van der Waals surface area contributed by atoms with Gasteiger partial charge in [-0.3, -0.25) is 4.72 Å². The summed E-state index contributed by atoms with van der Waals surface area (Å²) in [4.78, 5) is 10.8. The van der Waals surface area contributed by atoms with E-state index < -0.39 is 16.0 Å². The van der Waals surface area contributed by atoms with E-state index >= 15 is 0 Å². The van der Waals surface area contributed by atoms with Gasteiger partial charge in [0.25, 0.3) is 0 Å². The zero-order valence-corrected chi connectivity index (χ0v) is 11.3. The SMILES string of the molecule is CCCCS(=O)(=O)Nc1ccc(C(=O)O)c(C)c1. The van der Waals surface area contributed by atoms with Crippen molar-refractivity contribution in [1.82, 2.24) is 0 Å². The first-order chi connectivity index (χ1) is 8.35. The second-order valence-electron chi connectivity index (χ2n) is 4.11. The Bertz CT molecular complexity index is 537. The number of carboxylic acid groups (broad SMARTS) is 1. The standard InChI is InChI=1S/C12H17NO4S/c1-3-4-7-18(16,17)13-10-5-6-11(12(14)15)9(2)8-10/h5-6,8,13H,3-4,7H2,1-2H3,(H,14,15). The lowest BCUT2D eigenvalue weighted by Crippen LogP contribution is -2.16. The van der Waals surface area contributed by atoms with Crippen LogP contribution in [0.1, 0.15) is 35.7 Å². The van der Waals surface area contributed by atoms with E-state index in [-0.39, 0.29) is 11.3 Å². The Morgan fingerprint density at radius 3 is 2.56 bits per heavy atom. The second kappa shape index (κ2) is 5.86. The summed E-state index contributed by atoms with van der Waals surface area (Å²) in [5.41, 5.74) is 1.10. The third kappa shape index (κ3) is 4.03. The first-order valence-corrected chi connectivity index (χ1v) is 7.35. The highest BCUT2D eigenvalue weighted by atomic mass is 32.2. The average molecular weight is 271 g/mol. The number of anilines is 1. The normalized spacial score (nSPS) is 11.2. The fourth-order valence-corrected chi connectivity index (χ4v) is 2.79. The summed E-state index contributed by atoms with van der Waals surface area (Å²) < 4.78 is 25.8. The van der Waals surface area contributed by atoms with Crippen molar-refractivity contribution < 1.29 is 18.3 Å². The number of unbranched alkanes of at least 4 members (excludes halogenated alkanes) is 1. The lowest BCUT2D eigenvalue weighted by Gasteiger charge is -2.09. The van der Waals surface area contributed by atoms with E-state index in [2.05, 4.69) is 4.72 Å². The van der Waals surface area contributed by atoms with Crippen LogP contribution in [-0.2, 0) is 10.0 Å². The van der Waals surface area contributed by atoms with Crippen LogP contribution in [0.5, 0.6) is 0 Å². The minimum absolute atomic E-state index is 0.0726. The largest absolute Gasteiger partial charge is 0.478 e. The summed E-state index contributed by atoms with van der Waals surface area (Å²) in [6.07, 6.45) is 1.40. The fourth-order valence-electron chi connectivity index (χ4n) is 1.53. The number of aryl methyl sites for hydroxylation is 1. The minimum Gasteiger partial charge on any atom is -0.478 e. The molecule has 1 aromatic rings. The van der Waals surface area contributed by atoms with Gasteiger partial charge in [-0.25, -0.2) is 13.2 Å². The van der Waals surface area contributed by atoms with E-state index in [1.54, 1.807) is 6.92 Å². The Morgan fingerprint density at radius 1 is 1.39 bits per heavy atom. The molecule has 0 aliphatic heterocycles. The molecule has 0 atom stereocenters. The van der Waals surface area contributed by atoms with Crippen molar-refractivity contribution >= 4 is 21.7 Å². The molecule has 1 rings (SSSR count). The maximum absolute atomic E-state index is 11.7. The van der Waals surface area contributed by atoms with Gasteiger partial charge < -0.3 is 5.11 Å². The molecule has 0 aromatic heterocycles. The average Bonchev–Trinajstić information content (AvgIpc) is 2.25. The highest BCUT2D eigenvalue weighted by Gasteiger charge is 2.12. The van der Waals surface area contributed by atoms with Crippen molar-refractivity contribution in [1.29, 1.82) is 0 Å². The number of aromatic carboxylic acids is 1. The summed E-state index contributed by atoms with van der Waals surface area (Å²) in [6.45, 7) is 3.55. The van der Waals surface area contributed by atoms with Gasteiger partial charge in [0.05, 0.1) is 11.3 Å². The molecule has 0 bridgehead atoms. The van der Waals surface area contributed by atoms with Crippen LogP contribution in [-0.4, -0.2) is 25.2 Å². The molecule has 0 saturated heterocycles. The van der Waals surface area contributed by atoms with Crippen LogP contribution in [0.2, 0.25) is 0 Å². The van der Waals surface area contributed by atoms with Gasteiger partial charge in [0.1, 0.15) is 0 Å². The quantitative estimate of drug-likeness (QED) is 0.831. The monoisotopic (exact) mass is 271 g/mol. The van der Waals surface area contributed by atoms with Crippen molar-refractivity contribution in [3.8, 4) is 0 Å². The van der Waals surface area contributed by atoms with Crippen LogP contribution < -0.4 is 4.72 Å². The number of benzene rings is 1. The maximum Gasteiger partial charge on any atom is 0.335 e. The number of hydrogen-bond acceptors (Lipinski definition) is 3. The molecular formula is C12H17NO4S. The molecule has 6 heteroatoms. The summed E-state index contributed by atoms with van der Waals surface area (Å²) in [5, 5.41) is 8.87. The van der Waals surface area contributed by atoms with Gasteiger partial charge in [0, 0.05) is 5.69 Å². The van der Waals surface area contributed by atoms with Crippen molar-refractivity contribution in [2.75, 3.05) is 10.5 Å². The van der Waals surface area contributed by atoms with E-state index in [9.17, 15) is 13.2 Å². The van der Waals surface area contributed by atoms with E-state index in [0.717, 1.165) is 6.42 Å². The van der Waals surface area contributed by atoms with Crippen molar-refractivity contribution in [3.63, 3.8) is 0 Å². The van der Waals surface area contributed by atoms with Crippen LogP contribution in [0.25, 0.3) is 0 Å². The van der Waals surface area contributed by atoms with E-state index in [0.29, 0.717) is 17.7 Å². The number of nitrogens with one attached hydrogen (secondary N) is 1. The molecule has 0 aliphatic rings. The molecule has 0 heterocycles. The van der Waals surface area contributed by atoms with Crippen molar-refractivity contribution in [2.45, 2.75) is 26.7 Å². The van der Waals surface area contributed by atoms with Crippen LogP contribution >= 0.6 is 0 Å². The molecule has 0 radical (unpaired) electrons. The van der Waals surface area contributed by atoms with Crippen molar-refractivity contribution in [3.05, 3.63) is 29.3 Å². The van der Waals surface area contributed by atoms with Gasteiger partial charge in [-0.15, -0.1) is 0 Å². The number of rotatable bonds is 6. The number of sulfonamides is 1. The molecule has 100 valence electrons. The Hall–Kier alpha value is -1.56. The Morgan fingerprint density at radius 2 is 2.06 bits per heavy atom. The fraction of sp³-hybridized carbons (Fsp3) is 0.417. The molecule has 0 aliphatic carbocycles. The van der Waals surface area contributed by atoms with Crippen LogP contribution in [0.3, 0.4) is 0 Å². The highest BCUT2D eigenvalue weighted by molar-refractivity contribution is 7.92. The number of carbonyl (C=O) groups is 1. The molecule has 1 aromatic carbocycles. The summed E-state index contributed by atoms with van der Waals surface area (Å²) in [7, 11) is -3.34. The topological polar surface area (TPSA) is 83.5 Å². The third-order valence-corrected chi connectivity index (χ3v) is 3.87. The predicted octanol–water partition coefficient (Wildman–Crippen LogP) is 2.24. The second-order valence-corrected chi connectivity index (χ2v) is 5.95. The molecule has 0 amide bonds. The van der Waals surface area contributed by atoms with Gasteiger partial charge in [-0.05, 0) is 37.1 Å².